The summed E-state index contributed by atoms with van der Waals surface area (Å²) in [6.45, 7) is 2.28. The number of carbonyl (C=O) groups excluding carboxylic acids is 1. The zero-order valence-corrected chi connectivity index (χ0v) is 18.8. The summed E-state index contributed by atoms with van der Waals surface area (Å²) in [5.74, 6) is -0.741. The molecule has 1 aromatic heterocycles. The lowest BCUT2D eigenvalue weighted by atomic mass is 9.91. The number of aromatic nitrogens is 1. The summed E-state index contributed by atoms with van der Waals surface area (Å²) >= 11 is 4.61. The minimum absolute atomic E-state index is 0.177. The summed E-state index contributed by atoms with van der Waals surface area (Å²) in [6, 6.07) is 11.5. The molecule has 2 saturated heterocycles. The minimum atomic E-state index is -0.810. The number of halogens is 1. The molecule has 4 unspecified atom stereocenters. The molecule has 0 bridgehead atoms. The Morgan fingerprint density at radius 1 is 1.30 bits per heavy atom. The van der Waals surface area contributed by atoms with E-state index in [9.17, 15) is 9.90 Å². The number of esters is 1. The molecular formula is C21H22BrNO6S. The zero-order chi connectivity index (χ0) is 21.3. The number of aliphatic hydroxyl groups is 1. The number of fused-ring (bicyclic) bond motifs is 1. The first-order valence-electron chi connectivity index (χ1n) is 9.54. The van der Waals surface area contributed by atoms with Crippen molar-refractivity contribution in [2.75, 3.05) is 13.7 Å². The molecule has 6 atom stereocenters. The summed E-state index contributed by atoms with van der Waals surface area (Å²) in [7, 11) is 1.30. The molecule has 2 fully saturated rings. The van der Waals surface area contributed by atoms with Gasteiger partial charge in [-0.15, -0.1) is 0 Å². The van der Waals surface area contributed by atoms with Gasteiger partial charge in [-0.3, -0.25) is 0 Å². The lowest BCUT2D eigenvalue weighted by Crippen LogP contribution is -2.57. The second-order valence-corrected chi connectivity index (χ2v) is 9.23. The van der Waals surface area contributed by atoms with Crippen molar-refractivity contribution in [3.8, 4) is 0 Å². The van der Waals surface area contributed by atoms with Gasteiger partial charge in [-0.05, 0) is 22.0 Å². The van der Waals surface area contributed by atoms with Crippen LogP contribution in [-0.2, 0) is 18.9 Å². The Morgan fingerprint density at radius 2 is 2.07 bits per heavy atom. The van der Waals surface area contributed by atoms with Crippen molar-refractivity contribution in [2.45, 2.75) is 41.9 Å². The van der Waals surface area contributed by atoms with Crippen LogP contribution in [0.1, 0.15) is 29.3 Å². The number of carbonyl (C=O) groups is 1. The van der Waals surface area contributed by atoms with E-state index in [0.717, 1.165) is 5.56 Å². The maximum Gasteiger partial charge on any atom is 0.357 e. The normalized spacial score (nSPS) is 31.1. The van der Waals surface area contributed by atoms with Gasteiger partial charge in [0.1, 0.15) is 11.5 Å². The second kappa shape index (κ2) is 9.33. The fourth-order valence-corrected chi connectivity index (χ4v) is 5.35. The molecule has 30 heavy (non-hydrogen) atoms. The monoisotopic (exact) mass is 495 g/mol. The third-order valence-electron chi connectivity index (χ3n) is 5.22. The van der Waals surface area contributed by atoms with Crippen LogP contribution in [0.5, 0.6) is 0 Å². The average Bonchev–Trinajstić information content (AvgIpc) is 2.77. The fourth-order valence-electron chi connectivity index (χ4n) is 3.59. The van der Waals surface area contributed by atoms with Gasteiger partial charge in [0, 0.05) is 27.0 Å². The maximum atomic E-state index is 12.1. The van der Waals surface area contributed by atoms with Gasteiger partial charge in [0.25, 0.3) is 0 Å². The van der Waals surface area contributed by atoms with Crippen molar-refractivity contribution in [1.29, 1.82) is 0 Å². The molecular weight excluding hydrogens is 474 g/mol. The molecule has 7 nitrogen and oxygen atoms in total. The van der Waals surface area contributed by atoms with Gasteiger partial charge in [0.15, 0.2) is 12.0 Å². The Morgan fingerprint density at radius 3 is 2.80 bits per heavy atom. The van der Waals surface area contributed by atoms with Crippen molar-refractivity contribution in [3.63, 3.8) is 0 Å². The van der Waals surface area contributed by atoms with Crippen molar-refractivity contribution in [3.05, 3.63) is 58.3 Å². The summed E-state index contributed by atoms with van der Waals surface area (Å²) in [5, 5.41) is 10.9. The summed E-state index contributed by atoms with van der Waals surface area (Å²) < 4.78 is 23.7. The lowest BCUT2D eigenvalue weighted by Gasteiger charge is -2.47. The van der Waals surface area contributed by atoms with Crippen LogP contribution in [0.2, 0.25) is 0 Å². The number of pyridine rings is 1. The topological polar surface area (TPSA) is 87.1 Å². The molecule has 2 aromatic rings. The van der Waals surface area contributed by atoms with E-state index in [1.165, 1.54) is 25.1 Å². The van der Waals surface area contributed by atoms with Gasteiger partial charge in [-0.1, -0.05) is 49.0 Å². The van der Waals surface area contributed by atoms with Crippen molar-refractivity contribution >= 4 is 33.7 Å². The highest BCUT2D eigenvalue weighted by molar-refractivity contribution is 9.10. The van der Waals surface area contributed by atoms with Crippen molar-refractivity contribution < 1.29 is 28.8 Å². The van der Waals surface area contributed by atoms with Crippen LogP contribution in [0, 0.1) is 5.92 Å². The highest BCUT2D eigenvalue weighted by Gasteiger charge is 2.47. The minimum Gasteiger partial charge on any atom is -0.464 e. The van der Waals surface area contributed by atoms with E-state index < -0.39 is 23.8 Å². The Hall–Kier alpha value is -1.49. The Bertz CT molecular complexity index is 898. The third-order valence-corrected chi connectivity index (χ3v) is 6.84. The van der Waals surface area contributed by atoms with E-state index in [2.05, 4.69) is 20.9 Å². The number of hydrogen-bond donors (Lipinski definition) is 1. The van der Waals surface area contributed by atoms with E-state index >= 15 is 0 Å². The van der Waals surface area contributed by atoms with Crippen LogP contribution in [-0.4, -0.2) is 53.5 Å². The number of thioether (sulfide) groups is 1. The molecule has 9 heteroatoms. The fraction of sp³-hybridized carbons (Fsp3) is 0.429. The van der Waals surface area contributed by atoms with Crippen LogP contribution in [0.4, 0.5) is 0 Å². The second-order valence-electron chi connectivity index (χ2n) is 7.18. The van der Waals surface area contributed by atoms with Gasteiger partial charge in [-0.2, -0.15) is 0 Å². The van der Waals surface area contributed by atoms with E-state index in [1.54, 1.807) is 6.07 Å². The first kappa shape index (κ1) is 21.7. The molecule has 1 aromatic carbocycles. The van der Waals surface area contributed by atoms with Crippen LogP contribution < -0.4 is 0 Å². The van der Waals surface area contributed by atoms with Crippen molar-refractivity contribution in [2.24, 2.45) is 5.92 Å². The van der Waals surface area contributed by atoms with Crippen LogP contribution in [0.15, 0.2) is 52.0 Å². The van der Waals surface area contributed by atoms with Crippen LogP contribution in [0.3, 0.4) is 0 Å². The van der Waals surface area contributed by atoms with Crippen LogP contribution in [0.25, 0.3) is 0 Å². The maximum absolute atomic E-state index is 12.1. The first-order valence-corrected chi connectivity index (χ1v) is 11.2. The molecule has 2 aliphatic heterocycles. The van der Waals surface area contributed by atoms with E-state index in [1.807, 2.05) is 37.3 Å². The number of methoxy groups -OCH3 is 1. The predicted octanol–water partition coefficient (Wildman–Crippen LogP) is 3.56. The molecule has 0 spiro atoms. The third kappa shape index (κ3) is 4.42. The number of aliphatic hydroxyl groups excluding tert-OH is 1. The van der Waals surface area contributed by atoms with E-state index in [0.29, 0.717) is 16.0 Å². The molecule has 0 aliphatic carbocycles. The van der Waals surface area contributed by atoms with Gasteiger partial charge >= 0.3 is 5.97 Å². The molecule has 0 saturated carbocycles. The molecule has 1 N–H and O–H groups in total. The summed E-state index contributed by atoms with van der Waals surface area (Å²) in [4.78, 5) is 16.8. The summed E-state index contributed by atoms with van der Waals surface area (Å²) in [5.41, 5.74) is 0.495. The molecule has 0 amide bonds. The predicted molar refractivity (Wildman–Crippen MR) is 113 cm³/mol. The number of rotatable bonds is 4. The van der Waals surface area contributed by atoms with Gasteiger partial charge in [0.05, 0.1) is 25.9 Å². The van der Waals surface area contributed by atoms with Gasteiger partial charge in [-0.25, -0.2) is 9.78 Å². The highest BCUT2D eigenvalue weighted by atomic mass is 79.9. The molecule has 3 heterocycles. The molecule has 2 aliphatic rings. The largest absolute Gasteiger partial charge is 0.464 e. The first-order chi connectivity index (χ1) is 14.5. The molecule has 160 valence electrons. The van der Waals surface area contributed by atoms with E-state index in [4.69, 9.17) is 18.9 Å². The molecule has 0 radical (unpaired) electrons. The lowest BCUT2D eigenvalue weighted by molar-refractivity contribution is -0.307. The van der Waals surface area contributed by atoms with Crippen LogP contribution >= 0.6 is 27.7 Å². The van der Waals surface area contributed by atoms with E-state index in [-0.39, 0.29) is 23.8 Å². The van der Waals surface area contributed by atoms with Crippen molar-refractivity contribution in [1.82, 2.24) is 4.98 Å². The zero-order valence-electron chi connectivity index (χ0n) is 16.4. The number of ether oxygens (including phenoxy) is 4. The van der Waals surface area contributed by atoms with Gasteiger partial charge < -0.3 is 24.1 Å². The highest BCUT2D eigenvalue weighted by Crippen LogP contribution is 2.42. The Kier molecular flexibility index (Phi) is 6.76. The molecule has 4 rings (SSSR count). The Balaban J connectivity index is 1.51. The quantitative estimate of drug-likeness (QED) is 0.644. The van der Waals surface area contributed by atoms with Gasteiger partial charge in [0.2, 0.25) is 0 Å². The smallest absolute Gasteiger partial charge is 0.357 e. The summed E-state index contributed by atoms with van der Waals surface area (Å²) in [6.07, 6.45) is -0.413. The average molecular weight is 496 g/mol. The SMILES string of the molecule is COC(=O)c1ncc(Br)cc1S[C@H]1OC2COC(c3ccccc3)O[C@@H]2C(C)C1O. The number of nitrogens with zero attached hydrogens (tertiary/aromatic N) is 1. The number of benzene rings is 1. The number of hydrogen-bond acceptors (Lipinski definition) is 8. The standard InChI is InChI=1S/C21H22BrNO6S/c1-11-17(24)21(30-15-8-13(22)9-23-16(15)19(25)26-2)28-14-10-27-20(29-18(11)14)12-6-4-3-5-7-12/h3-9,11,14,17-18,20-21,24H,10H2,1-2H3/t11?,14?,17?,18-,20?,21-/m1/s1. The Labute approximate surface area is 187 Å².